The zero-order valence-corrected chi connectivity index (χ0v) is 15.8. The number of carbonyl (C=O) groups excluding carboxylic acids is 2. The summed E-state index contributed by atoms with van der Waals surface area (Å²) in [7, 11) is 1.81. The summed E-state index contributed by atoms with van der Waals surface area (Å²) in [6.07, 6.45) is 6.04. The monoisotopic (exact) mass is 357 g/mol. The van der Waals surface area contributed by atoms with Gasteiger partial charge in [-0.1, -0.05) is 19.1 Å². The Morgan fingerprint density at radius 2 is 1.96 bits per heavy atom. The van der Waals surface area contributed by atoms with Gasteiger partial charge in [-0.25, -0.2) is 0 Å². The molecule has 2 aromatic rings. The molecule has 26 heavy (non-hydrogen) atoms. The van der Waals surface area contributed by atoms with Crippen LogP contribution in [0, 0.1) is 12.8 Å². The molecule has 1 saturated carbocycles. The van der Waals surface area contributed by atoms with E-state index in [2.05, 4.69) is 6.92 Å². The van der Waals surface area contributed by atoms with Gasteiger partial charge >= 0.3 is 5.97 Å². The van der Waals surface area contributed by atoms with Gasteiger partial charge in [-0.05, 0) is 50.2 Å². The molecule has 1 amide bonds. The SMILES string of the molecule is Cc1ccc2c(CC(=O)OCC(=O)N(C)C3CCC(C)CC3)coc2c1. The molecule has 0 radical (unpaired) electrons. The van der Waals surface area contributed by atoms with Crippen LogP contribution in [0.4, 0.5) is 0 Å². The number of amides is 1. The molecule has 1 aromatic carbocycles. The van der Waals surface area contributed by atoms with Crippen molar-refractivity contribution >= 4 is 22.8 Å². The molecule has 3 rings (SSSR count). The summed E-state index contributed by atoms with van der Waals surface area (Å²) in [4.78, 5) is 26.2. The van der Waals surface area contributed by atoms with Crippen molar-refractivity contribution < 1.29 is 18.7 Å². The maximum Gasteiger partial charge on any atom is 0.310 e. The average molecular weight is 357 g/mol. The number of furan rings is 1. The fraction of sp³-hybridized carbons (Fsp3) is 0.524. The lowest BCUT2D eigenvalue weighted by atomic mass is 9.87. The minimum Gasteiger partial charge on any atom is -0.464 e. The first-order chi connectivity index (χ1) is 12.4. The Bertz CT molecular complexity index is 786. The van der Waals surface area contributed by atoms with E-state index >= 15 is 0 Å². The summed E-state index contributed by atoms with van der Waals surface area (Å²) < 4.78 is 10.7. The molecule has 1 aliphatic rings. The van der Waals surface area contributed by atoms with Gasteiger partial charge in [-0.3, -0.25) is 9.59 Å². The van der Waals surface area contributed by atoms with Crippen molar-refractivity contribution in [3.8, 4) is 0 Å². The first-order valence-electron chi connectivity index (χ1n) is 9.32. The number of fused-ring (bicyclic) bond motifs is 1. The summed E-state index contributed by atoms with van der Waals surface area (Å²) in [5, 5.41) is 0.910. The number of ether oxygens (including phenoxy) is 1. The number of benzene rings is 1. The number of hydrogen-bond donors (Lipinski definition) is 0. The van der Waals surface area contributed by atoms with Crippen molar-refractivity contribution in [3.63, 3.8) is 0 Å². The molecular weight excluding hydrogens is 330 g/mol. The van der Waals surface area contributed by atoms with Gasteiger partial charge in [0.1, 0.15) is 5.58 Å². The van der Waals surface area contributed by atoms with E-state index in [9.17, 15) is 9.59 Å². The number of rotatable bonds is 5. The maximum absolute atomic E-state index is 12.3. The smallest absolute Gasteiger partial charge is 0.310 e. The van der Waals surface area contributed by atoms with E-state index in [4.69, 9.17) is 9.15 Å². The molecule has 1 fully saturated rings. The van der Waals surface area contributed by atoms with Crippen molar-refractivity contribution in [2.45, 2.75) is 52.0 Å². The summed E-state index contributed by atoms with van der Waals surface area (Å²) in [6, 6.07) is 6.13. The second kappa shape index (κ2) is 7.94. The Labute approximate surface area is 154 Å². The number of likely N-dealkylation sites (N-methyl/N-ethyl adjacent to an activating group) is 1. The second-order valence-electron chi connectivity index (χ2n) is 7.52. The Morgan fingerprint density at radius 1 is 1.23 bits per heavy atom. The van der Waals surface area contributed by atoms with Crippen LogP contribution in [0.3, 0.4) is 0 Å². The first-order valence-corrected chi connectivity index (χ1v) is 9.32. The van der Waals surface area contributed by atoms with E-state index in [-0.39, 0.29) is 25.0 Å². The molecule has 0 bridgehead atoms. The van der Waals surface area contributed by atoms with Crippen LogP contribution in [-0.4, -0.2) is 36.5 Å². The fourth-order valence-corrected chi connectivity index (χ4v) is 3.61. The molecule has 1 aliphatic carbocycles. The standard InChI is InChI=1S/C21H27NO4/c1-14-4-7-17(8-5-14)22(3)20(23)13-26-21(24)11-16-12-25-19-10-15(2)6-9-18(16)19/h6,9-10,12,14,17H,4-5,7-8,11,13H2,1-3H3. The minimum absolute atomic E-state index is 0.105. The van der Waals surface area contributed by atoms with Gasteiger partial charge in [-0.15, -0.1) is 0 Å². The molecule has 140 valence electrons. The summed E-state index contributed by atoms with van der Waals surface area (Å²) in [6.45, 7) is 4.04. The van der Waals surface area contributed by atoms with Crippen molar-refractivity contribution in [2.75, 3.05) is 13.7 Å². The third kappa shape index (κ3) is 4.26. The number of aryl methyl sites for hydroxylation is 1. The molecule has 0 N–H and O–H groups in total. The summed E-state index contributed by atoms with van der Waals surface area (Å²) in [5.41, 5.74) is 2.65. The zero-order chi connectivity index (χ0) is 18.7. The fourth-order valence-electron chi connectivity index (χ4n) is 3.61. The van der Waals surface area contributed by atoms with E-state index in [1.54, 1.807) is 11.2 Å². The highest BCUT2D eigenvalue weighted by atomic mass is 16.5. The topological polar surface area (TPSA) is 59.8 Å². The van der Waals surface area contributed by atoms with Crippen molar-refractivity contribution in [1.82, 2.24) is 4.90 Å². The van der Waals surface area contributed by atoms with Gasteiger partial charge in [0.05, 0.1) is 12.7 Å². The second-order valence-corrected chi connectivity index (χ2v) is 7.52. The van der Waals surface area contributed by atoms with Crippen LogP contribution in [-0.2, 0) is 20.7 Å². The highest BCUT2D eigenvalue weighted by Crippen LogP contribution is 2.26. The van der Waals surface area contributed by atoms with Crippen LogP contribution in [0.5, 0.6) is 0 Å². The van der Waals surface area contributed by atoms with Crippen LogP contribution < -0.4 is 0 Å². The summed E-state index contributed by atoms with van der Waals surface area (Å²) in [5.74, 6) is 0.194. The van der Waals surface area contributed by atoms with E-state index in [1.165, 1.54) is 0 Å². The number of hydrogen-bond acceptors (Lipinski definition) is 4. The average Bonchev–Trinajstić information content (AvgIpc) is 3.01. The normalized spacial score (nSPS) is 20.1. The van der Waals surface area contributed by atoms with Crippen LogP contribution in [0.25, 0.3) is 11.0 Å². The lowest BCUT2D eigenvalue weighted by Gasteiger charge is -2.33. The predicted molar refractivity (Wildman–Crippen MR) is 99.8 cm³/mol. The molecule has 0 aliphatic heterocycles. The molecule has 0 saturated heterocycles. The largest absolute Gasteiger partial charge is 0.464 e. The zero-order valence-electron chi connectivity index (χ0n) is 15.8. The molecule has 0 unspecified atom stereocenters. The Hall–Kier alpha value is -2.30. The number of esters is 1. The van der Waals surface area contributed by atoms with Crippen molar-refractivity contribution in [2.24, 2.45) is 5.92 Å². The Morgan fingerprint density at radius 3 is 2.69 bits per heavy atom. The third-order valence-electron chi connectivity index (χ3n) is 5.43. The lowest BCUT2D eigenvalue weighted by molar-refractivity contribution is -0.152. The maximum atomic E-state index is 12.3. The molecule has 5 nitrogen and oxygen atoms in total. The summed E-state index contributed by atoms with van der Waals surface area (Å²) >= 11 is 0. The molecule has 0 atom stereocenters. The lowest BCUT2D eigenvalue weighted by Crippen LogP contribution is -2.41. The van der Waals surface area contributed by atoms with Crippen LogP contribution in [0.1, 0.15) is 43.7 Å². The molecule has 1 aromatic heterocycles. The molecule has 1 heterocycles. The van der Waals surface area contributed by atoms with Gasteiger partial charge in [0.25, 0.3) is 5.91 Å². The predicted octanol–water partition coefficient (Wildman–Crippen LogP) is 3.86. The van der Waals surface area contributed by atoms with Gasteiger partial charge in [0.15, 0.2) is 6.61 Å². The quantitative estimate of drug-likeness (QED) is 0.762. The van der Waals surface area contributed by atoms with Gasteiger partial charge in [-0.2, -0.15) is 0 Å². The molecule has 0 spiro atoms. The first kappa shape index (κ1) is 18.5. The van der Waals surface area contributed by atoms with Crippen molar-refractivity contribution in [3.05, 3.63) is 35.6 Å². The number of carbonyl (C=O) groups is 2. The Balaban J connectivity index is 1.51. The minimum atomic E-state index is -0.410. The van der Waals surface area contributed by atoms with Crippen LogP contribution in [0.2, 0.25) is 0 Å². The number of nitrogens with zero attached hydrogens (tertiary/aromatic N) is 1. The van der Waals surface area contributed by atoms with E-state index < -0.39 is 5.97 Å². The molecule has 5 heteroatoms. The van der Waals surface area contributed by atoms with E-state index in [0.29, 0.717) is 0 Å². The van der Waals surface area contributed by atoms with Crippen LogP contribution >= 0.6 is 0 Å². The molecular formula is C21H27NO4. The third-order valence-corrected chi connectivity index (χ3v) is 5.43. The Kier molecular flexibility index (Phi) is 5.64. The van der Waals surface area contributed by atoms with E-state index in [0.717, 1.165) is 53.7 Å². The van der Waals surface area contributed by atoms with Gasteiger partial charge in [0, 0.05) is 24.0 Å². The van der Waals surface area contributed by atoms with Crippen molar-refractivity contribution in [1.29, 1.82) is 0 Å². The van der Waals surface area contributed by atoms with Crippen LogP contribution in [0.15, 0.2) is 28.9 Å². The van der Waals surface area contributed by atoms with Gasteiger partial charge < -0.3 is 14.1 Å². The highest BCUT2D eigenvalue weighted by Gasteiger charge is 2.25. The highest BCUT2D eigenvalue weighted by molar-refractivity contribution is 5.87. The van der Waals surface area contributed by atoms with E-state index in [1.807, 2.05) is 32.2 Å². The van der Waals surface area contributed by atoms with Gasteiger partial charge in [0.2, 0.25) is 0 Å².